The molecule has 2 saturated heterocycles. The molecule has 0 aliphatic carbocycles. The molecule has 0 spiro atoms. The van der Waals surface area contributed by atoms with E-state index in [0.29, 0.717) is 43.2 Å². The molecule has 0 saturated carbocycles. The Labute approximate surface area is 214 Å². The average Bonchev–Trinajstić information content (AvgIpc) is 3.19. The number of likely N-dealkylation sites (tertiary alicyclic amines) is 1. The SMILES string of the molecule is O=C(COCC1CCCCN1S(=O)(=O)c1cc(Cl)sc1Cl)N1CCC(O)(c2ccccc2)CC1. The molecular weight excluding hydrogens is 519 g/mol. The largest absolute Gasteiger partial charge is 0.385 e. The number of carbonyl (C=O) groups is 1. The second-order valence-corrected chi connectivity index (χ2v) is 12.9. The lowest BCUT2D eigenvalue weighted by molar-refractivity contribution is -0.141. The van der Waals surface area contributed by atoms with Gasteiger partial charge < -0.3 is 14.7 Å². The van der Waals surface area contributed by atoms with Gasteiger partial charge in [-0.2, -0.15) is 4.31 Å². The molecule has 3 heterocycles. The maximum atomic E-state index is 13.2. The molecule has 2 aliphatic rings. The smallest absolute Gasteiger partial charge is 0.248 e. The number of nitrogens with zero attached hydrogens (tertiary/aromatic N) is 2. The summed E-state index contributed by atoms with van der Waals surface area (Å²) in [6, 6.07) is 10.5. The van der Waals surface area contributed by atoms with Gasteiger partial charge in [-0.15, -0.1) is 11.3 Å². The van der Waals surface area contributed by atoms with E-state index in [9.17, 15) is 18.3 Å². The van der Waals surface area contributed by atoms with E-state index in [2.05, 4.69) is 0 Å². The van der Waals surface area contributed by atoms with E-state index >= 15 is 0 Å². The van der Waals surface area contributed by atoms with Gasteiger partial charge in [0.15, 0.2) is 0 Å². The normalized spacial score (nSPS) is 21.5. The van der Waals surface area contributed by atoms with E-state index in [1.54, 1.807) is 4.90 Å². The monoisotopic (exact) mass is 546 g/mol. The Morgan fingerprint density at radius 2 is 1.85 bits per heavy atom. The van der Waals surface area contributed by atoms with E-state index in [4.69, 9.17) is 27.9 Å². The number of sulfonamides is 1. The van der Waals surface area contributed by atoms with Crippen molar-refractivity contribution in [1.82, 2.24) is 9.21 Å². The minimum absolute atomic E-state index is 0.0198. The van der Waals surface area contributed by atoms with Crippen LogP contribution in [0.15, 0.2) is 41.3 Å². The predicted octanol–water partition coefficient (Wildman–Crippen LogP) is 4.12. The highest BCUT2D eigenvalue weighted by molar-refractivity contribution is 7.89. The van der Waals surface area contributed by atoms with Crippen LogP contribution in [0.25, 0.3) is 0 Å². The minimum Gasteiger partial charge on any atom is -0.385 e. The number of thiophene rings is 1. The van der Waals surface area contributed by atoms with Gasteiger partial charge in [0.1, 0.15) is 15.8 Å². The molecule has 186 valence electrons. The van der Waals surface area contributed by atoms with E-state index in [1.807, 2.05) is 30.3 Å². The number of piperidine rings is 2. The number of hydrogen-bond acceptors (Lipinski definition) is 6. The summed E-state index contributed by atoms with van der Waals surface area (Å²) in [5.74, 6) is -0.159. The number of aliphatic hydroxyl groups is 1. The maximum Gasteiger partial charge on any atom is 0.248 e. The Morgan fingerprint density at radius 3 is 2.50 bits per heavy atom. The van der Waals surface area contributed by atoms with Crippen LogP contribution in [0.5, 0.6) is 0 Å². The van der Waals surface area contributed by atoms with Gasteiger partial charge >= 0.3 is 0 Å². The summed E-state index contributed by atoms with van der Waals surface area (Å²) in [4.78, 5) is 14.4. The number of halogens is 2. The van der Waals surface area contributed by atoms with Crippen molar-refractivity contribution >= 4 is 50.5 Å². The van der Waals surface area contributed by atoms with Crippen molar-refractivity contribution in [1.29, 1.82) is 0 Å². The highest BCUT2D eigenvalue weighted by Crippen LogP contribution is 2.37. The summed E-state index contributed by atoms with van der Waals surface area (Å²) >= 11 is 13.1. The number of benzene rings is 1. The highest BCUT2D eigenvalue weighted by Gasteiger charge is 2.37. The highest BCUT2D eigenvalue weighted by atomic mass is 35.5. The van der Waals surface area contributed by atoms with Crippen LogP contribution < -0.4 is 0 Å². The van der Waals surface area contributed by atoms with Crippen molar-refractivity contribution in [2.75, 3.05) is 32.8 Å². The second-order valence-electron chi connectivity index (χ2n) is 8.75. The lowest BCUT2D eigenvalue weighted by Crippen LogP contribution is -2.48. The summed E-state index contributed by atoms with van der Waals surface area (Å²) in [6.45, 7) is 1.25. The lowest BCUT2D eigenvalue weighted by Gasteiger charge is -2.38. The predicted molar refractivity (Wildman–Crippen MR) is 133 cm³/mol. The van der Waals surface area contributed by atoms with Crippen LogP contribution >= 0.6 is 34.5 Å². The van der Waals surface area contributed by atoms with Gasteiger partial charge in [-0.05, 0) is 37.3 Å². The Balaban J connectivity index is 1.31. The van der Waals surface area contributed by atoms with Gasteiger partial charge in [-0.3, -0.25) is 4.79 Å². The summed E-state index contributed by atoms with van der Waals surface area (Å²) in [5.41, 5.74) is -0.0641. The topological polar surface area (TPSA) is 87.2 Å². The third-order valence-corrected chi connectivity index (χ3v) is 10.3. The minimum atomic E-state index is -3.81. The molecule has 1 N–H and O–H groups in total. The fourth-order valence-electron chi connectivity index (χ4n) is 4.62. The zero-order chi connectivity index (χ0) is 24.3. The molecule has 2 fully saturated rings. The summed E-state index contributed by atoms with van der Waals surface area (Å²) < 4.78 is 34.0. The van der Waals surface area contributed by atoms with Crippen molar-refractivity contribution in [2.24, 2.45) is 0 Å². The van der Waals surface area contributed by atoms with Gasteiger partial charge in [0.25, 0.3) is 0 Å². The first-order valence-corrected chi connectivity index (χ1v) is 14.3. The van der Waals surface area contributed by atoms with Crippen LogP contribution in [0, 0.1) is 0 Å². The van der Waals surface area contributed by atoms with Gasteiger partial charge in [0.2, 0.25) is 15.9 Å². The number of rotatable bonds is 7. The van der Waals surface area contributed by atoms with Crippen LogP contribution in [-0.2, 0) is 25.2 Å². The molecule has 0 bridgehead atoms. The van der Waals surface area contributed by atoms with Crippen LogP contribution in [0.2, 0.25) is 8.67 Å². The zero-order valence-electron chi connectivity index (χ0n) is 18.7. The van der Waals surface area contributed by atoms with Crippen molar-refractivity contribution in [2.45, 2.75) is 48.6 Å². The molecule has 0 radical (unpaired) electrons. The molecule has 2 aliphatic heterocycles. The van der Waals surface area contributed by atoms with Crippen LogP contribution in [-0.4, -0.2) is 67.5 Å². The fourth-order valence-corrected chi connectivity index (χ4v) is 8.41. The zero-order valence-corrected chi connectivity index (χ0v) is 21.8. The van der Waals surface area contributed by atoms with E-state index in [1.165, 1.54) is 10.4 Å². The van der Waals surface area contributed by atoms with Crippen molar-refractivity contribution in [3.8, 4) is 0 Å². The molecule has 1 amide bonds. The van der Waals surface area contributed by atoms with Gasteiger partial charge in [-0.1, -0.05) is 60.0 Å². The first-order chi connectivity index (χ1) is 16.2. The molecular formula is C23H28Cl2N2O5S2. The average molecular weight is 548 g/mol. The molecule has 1 atom stereocenters. The Bertz CT molecular complexity index is 1100. The van der Waals surface area contributed by atoms with Crippen molar-refractivity contribution in [3.05, 3.63) is 50.6 Å². The second kappa shape index (κ2) is 10.8. The third-order valence-electron chi connectivity index (χ3n) is 6.58. The first kappa shape index (κ1) is 25.9. The number of carbonyl (C=O) groups excluding carboxylic acids is 1. The van der Waals surface area contributed by atoms with Crippen molar-refractivity contribution < 1.29 is 23.1 Å². The summed E-state index contributed by atoms with van der Waals surface area (Å²) in [6.07, 6.45) is 3.21. The van der Waals surface area contributed by atoms with Gasteiger partial charge in [-0.25, -0.2) is 8.42 Å². The fraction of sp³-hybridized carbons (Fsp3) is 0.522. The van der Waals surface area contributed by atoms with E-state index < -0.39 is 15.6 Å². The maximum absolute atomic E-state index is 13.2. The van der Waals surface area contributed by atoms with Gasteiger partial charge in [0, 0.05) is 25.7 Å². The molecule has 1 unspecified atom stereocenters. The lowest BCUT2D eigenvalue weighted by atomic mass is 9.84. The molecule has 4 rings (SSSR count). The number of hydrogen-bond donors (Lipinski definition) is 1. The Morgan fingerprint density at radius 1 is 1.15 bits per heavy atom. The van der Waals surface area contributed by atoms with Crippen LogP contribution in [0.4, 0.5) is 0 Å². The molecule has 34 heavy (non-hydrogen) atoms. The summed E-state index contributed by atoms with van der Waals surface area (Å²) in [5, 5.41) is 11.0. The quantitative estimate of drug-likeness (QED) is 0.564. The molecule has 7 nitrogen and oxygen atoms in total. The number of ether oxygens (including phenoxy) is 1. The first-order valence-electron chi connectivity index (χ1n) is 11.3. The van der Waals surface area contributed by atoms with Gasteiger partial charge in [0.05, 0.1) is 16.5 Å². The number of amides is 1. The van der Waals surface area contributed by atoms with Crippen molar-refractivity contribution in [3.63, 3.8) is 0 Å². The third kappa shape index (κ3) is 5.61. The standard InChI is InChI=1S/C23H28Cl2N2O5S2/c24-20-14-19(22(25)33-20)34(30,31)27-11-5-4-8-18(27)15-32-16-21(28)26-12-9-23(29,10-13-26)17-6-2-1-3-7-17/h1-3,6-7,14,18,29H,4-5,8-13,15-16H2. The van der Waals surface area contributed by atoms with E-state index in [0.717, 1.165) is 29.7 Å². The van der Waals surface area contributed by atoms with Crippen LogP contribution in [0.3, 0.4) is 0 Å². The Kier molecular flexibility index (Phi) is 8.24. The summed E-state index contributed by atoms with van der Waals surface area (Å²) in [7, 11) is -3.81. The molecule has 11 heteroatoms. The Hall–Kier alpha value is -1.20. The van der Waals surface area contributed by atoms with Crippen LogP contribution in [0.1, 0.15) is 37.7 Å². The van der Waals surface area contributed by atoms with E-state index in [-0.39, 0.29) is 34.4 Å². The molecule has 1 aromatic heterocycles. The molecule has 1 aromatic carbocycles. The molecule has 2 aromatic rings.